The highest BCUT2D eigenvalue weighted by atomic mass is 19.1. The number of halogens is 1. The van der Waals surface area contributed by atoms with E-state index in [1.54, 1.807) is 4.68 Å². The Bertz CT molecular complexity index is 799. The maximum absolute atomic E-state index is 13.9. The summed E-state index contributed by atoms with van der Waals surface area (Å²) in [4.78, 5) is 23.0. The Morgan fingerprint density at radius 3 is 2.54 bits per heavy atom. The van der Waals surface area contributed by atoms with Gasteiger partial charge in [0.25, 0.3) is 5.91 Å². The van der Waals surface area contributed by atoms with Gasteiger partial charge in [0.05, 0.1) is 16.8 Å². The number of carbonyl (C=O) groups is 2. The molecule has 2 N–H and O–H groups in total. The first-order chi connectivity index (χ1) is 11.2. The van der Waals surface area contributed by atoms with Crippen LogP contribution in [0.2, 0.25) is 0 Å². The second kappa shape index (κ2) is 6.82. The van der Waals surface area contributed by atoms with E-state index in [9.17, 15) is 14.0 Å². The smallest absolute Gasteiger partial charge is 0.335 e. The molecule has 0 fully saturated rings. The molecule has 128 valence electrons. The minimum absolute atomic E-state index is 0.175. The third kappa shape index (κ3) is 3.61. The molecule has 24 heavy (non-hydrogen) atoms. The molecule has 6 nitrogen and oxygen atoms in total. The van der Waals surface area contributed by atoms with Crippen LogP contribution >= 0.6 is 0 Å². The summed E-state index contributed by atoms with van der Waals surface area (Å²) in [7, 11) is 1.86. The Kier molecular flexibility index (Phi) is 5.02. The van der Waals surface area contributed by atoms with E-state index in [4.69, 9.17) is 5.11 Å². The molecule has 0 radical (unpaired) electrons. The van der Waals surface area contributed by atoms with Crippen LogP contribution in [0.3, 0.4) is 0 Å². The van der Waals surface area contributed by atoms with Gasteiger partial charge in [-0.05, 0) is 51.0 Å². The molecule has 2 aromatic rings. The largest absolute Gasteiger partial charge is 0.478 e. The minimum atomic E-state index is -1.24. The standard InChI is InChI=1S/C17H20FN3O3/c1-9(7-14-10(2)20-21(4)11(14)3)19-16(22)13-6-5-12(17(23)24)8-15(13)18/h5-6,8-9H,7H2,1-4H3,(H,19,22)(H,23,24). The average molecular weight is 333 g/mol. The van der Waals surface area contributed by atoms with Crippen LogP contribution in [0.25, 0.3) is 0 Å². The molecule has 0 saturated heterocycles. The molecule has 0 bridgehead atoms. The van der Waals surface area contributed by atoms with E-state index in [1.165, 1.54) is 12.1 Å². The summed E-state index contributed by atoms with van der Waals surface area (Å²) < 4.78 is 15.7. The van der Waals surface area contributed by atoms with E-state index in [0.29, 0.717) is 6.42 Å². The Hall–Kier alpha value is -2.70. The quantitative estimate of drug-likeness (QED) is 0.879. The second-order valence-electron chi connectivity index (χ2n) is 5.85. The van der Waals surface area contributed by atoms with Gasteiger partial charge in [0.1, 0.15) is 5.82 Å². The zero-order chi connectivity index (χ0) is 18.0. The molecule has 0 aliphatic rings. The van der Waals surface area contributed by atoms with Crippen molar-refractivity contribution in [3.8, 4) is 0 Å². The number of carboxylic acids is 1. The van der Waals surface area contributed by atoms with Crippen LogP contribution in [0.1, 0.15) is 44.6 Å². The number of carbonyl (C=O) groups excluding carboxylic acids is 1. The van der Waals surface area contributed by atoms with Gasteiger partial charge < -0.3 is 10.4 Å². The van der Waals surface area contributed by atoms with Crippen molar-refractivity contribution in [2.45, 2.75) is 33.2 Å². The summed E-state index contributed by atoms with van der Waals surface area (Å²) in [5.74, 6) is -2.67. The van der Waals surface area contributed by atoms with Gasteiger partial charge in [-0.3, -0.25) is 9.48 Å². The zero-order valence-corrected chi connectivity index (χ0v) is 14.1. The molecule has 7 heteroatoms. The number of rotatable bonds is 5. The predicted octanol–water partition coefficient (Wildman–Crippen LogP) is 2.24. The van der Waals surface area contributed by atoms with Crippen LogP contribution in [0.5, 0.6) is 0 Å². The Morgan fingerprint density at radius 1 is 1.38 bits per heavy atom. The monoisotopic (exact) mass is 333 g/mol. The summed E-state index contributed by atoms with van der Waals surface area (Å²) in [5.41, 5.74) is 2.59. The molecule has 1 aromatic carbocycles. The molecule has 1 heterocycles. The third-order valence-corrected chi connectivity index (χ3v) is 4.01. The van der Waals surface area contributed by atoms with Crippen LogP contribution in [0.15, 0.2) is 18.2 Å². The summed E-state index contributed by atoms with van der Waals surface area (Å²) in [6.07, 6.45) is 0.575. The van der Waals surface area contributed by atoms with Gasteiger partial charge in [-0.1, -0.05) is 0 Å². The van der Waals surface area contributed by atoms with Crippen molar-refractivity contribution in [3.05, 3.63) is 52.1 Å². The number of amides is 1. The van der Waals surface area contributed by atoms with E-state index in [1.807, 2.05) is 27.8 Å². The fraction of sp³-hybridized carbons (Fsp3) is 0.353. The van der Waals surface area contributed by atoms with Crippen molar-refractivity contribution in [1.82, 2.24) is 15.1 Å². The Labute approximate surface area is 139 Å². The zero-order valence-electron chi connectivity index (χ0n) is 14.1. The lowest BCUT2D eigenvalue weighted by Gasteiger charge is -2.15. The predicted molar refractivity (Wildman–Crippen MR) is 86.7 cm³/mol. The molecular formula is C17H20FN3O3. The first-order valence-corrected chi connectivity index (χ1v) is 7.53. The average Bonchev–Trinajstić information content (AvgIpc) is 2.73. The van der Waals surface area contributed by atoms with Crippen LogP contribution in [-0.4, -0.2) is 32.8 Å². The number of aromatic carboxylic acids is 1. The highest BCUT2D eigenvalue weighted by molar-refractivity contribution is 5.96. The van der Waals surface area contributed by atoms with Gasteiger partial charge in [-0.25, -0.2) is 9.18 Å². The summed E-state index contributed by atoms with van der Waals surface area (Å²) in [5, 5.41) is 15.9. The fourth-order valence-electron chi connectivity index (χ4n) is 2.60. The van der Waals surface area contributed by atoms with Crippen LogP contribution < -0.4 is 5.32 Å². The number of aromatic nitrogens is 2. The highest BCUT2D eigenvalue weighted by Gasteiger charge is 2.18. The molecular weight excluding hydrogens is 313 g/mol. The molecule has 1 aromatic heterocycles. The van der Waals surface area contributed by atoms with Crippen molar-refractivity contribution in [2.75, 3.05) is 0 Å². The molecule has 0 aliphatic carbocycles. The number of carboxylic acid groups (broad SMARTS) is 1. The molecule has 1 atom stereocenters. The first kappa shape index (κ1) is 17.7. The number of hydrogen-bond donors (Lipinski definition) is 2. The summed E-state index contributed by atoms with van der Waals surface area (Å²) in [6, 6.07) is 3.01. The van der Waals surface area contributed by atoms with E-state index in [-0.39, 0.29) is 17.2 Å². The maximum Gasteiger partial charge on any atom is 0.335 e. The lowest BCUT2D eigenvalue weighted by Crippen LogP contribution is -2.34. The fourth-order valence-corrected chi connectivity index (χ4v) is 2.60. The van der Waals surface area contributed by atoms with Crippen molar-refractivity contribution in [1.29, 1.82) is 0 Å². The van der Waals surface area contributed by atoms with Crippen molar-refractivity contribution in [2.24, 2.45) is 7.05 Å². The van der Waals surface area contributed by atoms with Crippen molar-refractivity contribution in [3.63, 3.8) is 0 Å². The Morgan fingerprint density at radius 2 is 2.04 bits per heavy atom. The van der Waals surface area contributed by atoms with Gasteiger partial charge in [-0.2, -0.15) is 5.10 Å². The van der Waals surface area contributed by atoms with Crippen molar-refractivity contribution >= 4 is 11.9 Å². The normalized spacial score (nSPS) is 12.0. The van der Waals surface area contributed by atoms with Gasteiger partial charge >= 0.3 is 5.97 Å². The van der Waals surface area contributed by atoms with Crippen LogP contribution in [-0.2, 0) is 13.5 Å². The molecule has 0 saturated carbocycles. The van der Waals surface area contributed by atoms with Gasteiger partial charge in [-0.15, -0.1) is 0 Å². The van der Waals surface area contributed by atoms with E-state index in [0.717, 1.165) is 23.0 Å². The maximum atomic E-state index is 13.9. The molecule has 2 rings (SSSR count). The lowest BCUT2D eigenvalue weighted by atomic mass is 10.0. The first-order valence-electron chi connectivity index (χ1n) is 7.53. The second-order valence-corrected chi connectivity index (χ2v) is 5.85. The molecule has 0 spiro atoms. The van der Waals surface area contributed by atoms with Crippen molar-refractivity contribution < 1.29 is 19.1 Å². The van der Waals surface area contributed by atoms with Gasteiger partial charge in [0.2, 0.25) is 0 Å². The molecule has 1 amide bonds. The number of benzene rings is 1. The van der Waals surface area contributed by atoms with Gasteiger partial charge in [0, 0.05) is 18.8 Å². The highest BCUT2D eigenvalue weighted by Crippen LogP contribution is 2.15. The third-order valence-electron chi connectivity index (χ3n) is 4.01. The minimum Gasteiger partial charge on any atom is -0.478 e. The number of aryl methyl sites for hydroxylation is 2. The van der Waals surface area contributed by atoms with E-state index < -0.39 is 17.7 Å². The van der Waals surface area contributed by atoms with E-state index in [2.05, 4.69) is 10.4 Å². The molecule has 0 aliphatic heterocycles. The van der Waals surface area contributed by atoms with Crippen LogP contribution in [0, 0.1) is 19.7 Å². The number of nitrogens with one attached hydrogen (secondary N) is 1. The topological polar surface area (TPSA) is 84.2 Å². The van der Waals surface area contributed by atoms with E-state index >= 15 is 0 Å². The van der Waals surface area contributed by atoms with Gasteiger partial charge in [0.15, 0.2) is 0 Å². The lowest BCUT2D eigenvalue weighted by molar-refractivity contribution is 0.0695. The summed E-state index contributed by atoms with van der Waals surface area (Å²) in [6.45, 7) is 5.68. The SMILES string of the molecule is Cc1nn(C)c(C)c1CC(C)NC(=O)c1ccc(C(=O)O)cc1F. The molecule has 1 unspecified atom stereocenters. The van der Waals surface area contributed by atoms with Crippen LogP contribution in [0.4, 0.5) is 4.39 Å². The summed E-state index contributed by atoms with van der Waals surface area (Å²) >= 11 is 0. The number of hydrogen-bond acceptors (Lipinski definition) is 3. The Balaban J connectivity index is 2.10. The number of nitrogens with zero attached hydrogens (tertiary/aromatic N) is 2.